The lowest BCUT2D eigenvalue weighted by Gasteiger charge is -2.04. The van der Waals surface area contributed by atoms with Crippen LogP contribution >= 0.6 is 0 Å². The van der Waals surface area contributed by atoms with Crippen molar-refractivity contribution in [1.82, 2.24) is 0 Å². The van der Waals surface area contributed by atoms with Gasteiger partial charge in [-0.25, -0.2) is 8.78 Å². The zero-order valence-electron chi connectivity index (χ0n) is 9.75. The summed E-state index contributed by atoms with van der Waals surface area (Å²) >= 11 is 0. The van der Waals surface area contributed by atoms with Gasteiger partial charge in [0, 0.05) is 0 Å². The zero-order chi connectivity index (χ0) is 14.9. The molecule has 0 fully saturated rings. The average molecular weight is 280 g/mol. The van der Waals surface area contributed by atoms with Crippen molar-refractivity contribution in [3.8, 4) is 11.1 Å². The highest BCUT2D eigenvalue weighted by Gasteiger charge is 2.24. The van der Waals surface area contributed by atoms with E-state index in [9.17, 15) is 29.0 Å². The molecule has 0 saturated heterocycles. The summed E-state index contributed by atoms with van der Waals surface area (Å²) in [5, 5.41) is 21.8. The molecule has 0 heterocycles. The third-order valence-corrected chi connectivity index (χ3v) is 2.60. The summed E-state index contributed by atoms with van der Waals surface area (Å²) in [6.45, 7) is 0. The molecule has 8 heteroatoms. The highest BCUT2D eigenvalue weighted by atomic mass is 19.1. The third-order valence-electron chi connectivity index (χ3n) is 2.60. The molecule has 102 valence electrons. The maximum absolute atomic E-state index is 13.0. The topological polar surface area (TPSA) is 86.3 Å². The number of nitro benzene ring substituents is 2. The molecule has 0 amide bonds. The van der Waals surface area contributed by atoms with Crippen LogP contribution in [-0.4, -0.2) is 9.85 Å². The first-order chi connectivity index (χ1) is 9.40. The zero-order valence-corrected chi connectivity index (χ0v) is 9.75. The van der Waals surface area contributed by atoms with Crippen LogP contribution in [0.5, 0.6) is 0 Å². The van der Waals surface area contributed by atoms with E-state index in [1.165, 1.54) is 0 Å². The van der Waals surface area contributed by atoms with Crippen molar-refractivity contribution < 1.29 is 18.6 Å². The number of nitro groups is 2. The molecule has 0 radical (unpaired) electrons. The van der Waals surface area contributed by atoms with Gasteiger partial charge >= 0.3 is 0 Å². The molecular weight excluding hydrogens is 274 g/mol. The van der Waals surface area contributed by atoms with E-state index in [1.807, 2.05) is 0 Å². The van der Waals surface area contributed by atoms with Gasteiger partial charge in [0.25, 0.3) is 11.4 Å². The predicted molar refractivity (Wildman–Crippen MR) is 65.1 cm³/mol. The van der Waals surface area contributed by atoms with Gasteiger partial charge in [0.1, 0.15) is 11.6 Å². The lowest BCUT2D eigenvalue weighted by molar-refractivity contribution is -0.386. The molecule has 0 bridgehead atoms. The molecule has 0 unspecified atom stereocenters. The Hall–Kier alpha value is -2.90. The van der Waals surface area contributed by atoms with Crippen LogP contribution in [0.4, 0.5) is 20.2 Å². The summed E-state index contributed by atoms with van der Waals surface area (Å²) < 4.78 is 26.1. The Bertz CT molecular complexity index is 657. The van der Waals surface area contributed by atoms with Crippen molar-refractivity contribution in [2.24, 2.45) is 0 Å². The van der Waals surface area contributed by atoms with Gasteiger partial charge in [-0.05, 0) is 24.3 Å². The van der Waals surface area contributed by atoms with E-state index in [4.69, 9.17) is 0 Å². The summed E-state index contributed by atoms with van der Waals surface area (Å²) in [6, 6.07) is 5.29. The van der Waals surface area contributed by atoms with Gasteiger partial charge in [-0.15, -0.1) is 0 Å². The van der Waals surface area contributed by atoms with Crippen LogP contribution < -0.4 is 0 Å². The number of benzene rings is 2. The molecule has 0 atom stereocenters. The first kappa shape index (κ1) is 13.5. The molecule has 0 aliphatic heterocycles. The first-order valence-electron chi connectivity index (χ1n) is 5.28. The van der Waals surface area contributed by atoms with Crippen LogP contribution in [0, 0.1) is 31.9 Å². The molecule has 0 spiro atoms. The van der Waals surface area contributed by atoms with E-state index in [0.29, 0.717) is 12.1 Å². The van der Waals surface area contributed by atoms with Gasteiger partial charge in [0.2, 0.25) is 0 Å². The van der Waals surface area contributed by atoms with Crippen molar-refractivity contribution >= 4 is 11.4 Å². The van der Waals surface area contributed by atoms with Crippen LogP contribution in [-0.2, 0) is 0 Å². The van der Waals surface area contributed by atoms with Crippen LogP contribution in [0.2, 0.25) is 0 Å². The molecule has 6 nitrogen and oxygen atoms in total. The van der Waals surface area contributed by atoms with E-state index < -0.39 is 32.9 Å². The largest absolute Gasteiger partial charge is 0.280 e. The Kier molecular flexibility index (Phi) is 3.38. The van der Waals surface area contributed by atoms with Gasteiger partial charge in [0.05, 0.1) is 33.1 Å². The molecular formula is C12H6F2N2O4. The molecule has 0 saturated carbocycles. The molecule has 20 heavy (non-hydrogen) atoms. The minimum atomic E-state index is -0.856. The summed E-state index contributed by atoms with van der Waals surface area (Å²) in [4.78, 5) is 20.1. The second-order valence-corrected chi connectivity index (χ2v) is 3.84. The van der Waals surface area contributed by atoms with Crippen LogP contribution in [0.25, 0.3) is 11.1 Å². The first-order valence-corrected chi connectivity index (χ1v) is 5.28. The lowest BCUT2D eigenvalue weighted by Crippen LogP contribution is -1.97. The van der Waals surface area contributed by atoms with Crippen molar-refractivity contribution in [2.75, 3.05) is 0 Å². The molecule has 0 N–H and O–H groups in total. The van der Waals surface area contributed by atoms with Gasteiger partial charge in [-0.1, -0.05) is 0 Å². The number of nitrogens with zero attached hydrogens (tertiary/aromatic N) is 2. The Morgan fingerprint density at radius 2 is 1.10 bits per heavy atom. The Morgan fingerprint density at radius 1 is 0.750 bits per heavy atom. The van der Waals surface area contributed by atoms with Crippen molar-refractivity contribution in [3.63, 3.8) is 0 Å². The van der Waals surface area contributed by atoms with Gasteiger partial charge in [0.15, 0.2) is 0 Å². The third kappa shape index (κ3) is 2.44. The molecule has 2 aromatic carbocycles. The van der Waals surface area contributed by atoms with Crippen molar-refractivity contribution in [1.29, 1.82) is 0 Å². The average Bonchev–Trinajstić information content (AvgIpc) is 2.38. The summed E-state index contributed by atoms with van der Waals surface area (Å²) in [5.41, 5.74) is -1.55. The number of hydrogen-bond donors (Lipinski definition) is 0. The fourth-order valence-corrected chi connectivity index (χ4v) is 1.77. The lowest BCUT2D eigenvalue weighted by atomic mass is 10.0. The van der Waals surface area contributed by atoms with Gasteiger partial charge in [-0.3, -0.25) is 20.2 Å². The standard InChI is InChI=1S/C12H6F2N2O4/c13-7-1-3-9(11(5-7)15(17)18)10-4-2-8(14)6-12(10)16(19)20/h1-6H. The van der Waals surface area contributed by atoms with Crippen LogP contribution in [0.3, 0.4) is 0 Å². The number of rotatable bonds is 3. The van der Waals surface area contributed by atoms with Crippen LogP contribution in [0.1, 0.15) is 0 Å². The summed E-state index contributed by atoms with van der Waals surface area (Å²) in [6.07, 6.45) is 0. The Morgan fingerprint density at radius 3 is 1.40 bits per heavy atom. The number of hydrogen-bond acceptors (Lipinski definition) is 4. The maximum Gasteiger partial charge on any atom is 0.280 e. The molecule has 0 aliphatic carbocycles. The maximum atomic E-state index is 13.0. The van der Waals surface area contributed by atoms with E-state index >= 15 is 0 Å². The summed E-state index contributed by atoms with van der Waals surface area (Å²) in [7, 11) is 0. The van der Waals surface area contributed by atoms with Crippen molar-refractivity contribution in [3.05, 3.63) is 68.3 Å². The molecule has 0 aromatic heterocycles. The minimum Gasteiger partial charge on any atom is -0.258 e. The second-order valence-electron chi connectivity index (χ2n) is 3.84. The monoisotopic (exact) mass is 280 g/mol. The van der Waals surface area contributed by atoms with E-state index in [1.54, 1.807) is 0 Å². The minimum absolute atomic E-state index is 0.150. The quantitative estimate of drug-likeness (QED) is 0.636. The van der Waals surface area contributed by atoms with E-state index in [0.717, 1.165) is 24.3 Å². The molecule has 2 aromatic rings. The van der Waals surface area contributed by atoms with E-state index in [-0.39, 0.29) is 11.1 Å². The van der Waals surface area contributed by atoms with E-state index in [2.05, 4.69) is 0 Å². The predicted octanol–water partition coefficient (Wildman–Crippen LogP) is 3.45. The number of halogens is 2. The smallest absolute Gasteiger partial charge is 0.258 e. The summed E-state index contributed by atoms with van der Waals surface area (Å²) in [5.74, 6) is -1.68. The van der Waals surface area contributed by atoms with Gasteiger partial charge < -0.3 is 0 Å². The van der Waals surface area contributed by atoms with Crippen molar-refractivity contribution in [2.45, 2.75) is 0 Å². The fraction of sp³-hybridized carbons (Fsp3) is 0. The van der Waals surface area contributed by atoms with Crippen LogP contribution in [0.15, 0.2) is 36.4 Å². The highest BCUT2D eigenvalue weighted by Crippen LogP contribution is 2.36. The second kappa shape index (κ2) is 5.00. The normalized spacial score (nSPS) is 10.3. The Labute approximate surface area is 110 Å². The SMILES string of the molecule is O=[N+]([O-])c1cc(F)ccc1-c1ccc(F)cc1[N+](=O)[O-]. The van der Waals surface area contributed by atoms with Gasteiger partial charge in [-0.2, -0.15) is 0 Å². The molecule has 2 rings (SSSR count). The fourth-order valence-electron chi connectivity index (χ4n) is 1.77. The highest BCUT2D eigenvalue weighted by molar-refractivity contribution is 5.80. The molecule has 0 aliphatic rings. The Balaban J connectivity index is 2.75.